The molecule has 0 aromatic carbocycles. The molecule has 3 rings (SSSR count). The minimum absolute atomic E-state index is 0. The molecule has 1 aliphatic carbocycles. The second-order valence-corrected chi connectivity index (χ2v) is 8.28. The maximum Gasteiger partial charge on any atom is 0.222 e. The van der Waals surface area contributed by atoms with Crippen molar-refractivity contribution >= 4 is 41.7 Å². The number of hydrogen-bond acceptors (Lipinski definition) is 5. The van der Waals surface area contributed by atoms with Crippen LogP contribution in [0.25, 0.3) is 0 Å². The third kappa shape index (κ3) is 8.10. The summed E-state index contributed by atoms with van der Waals surface area (Å²) in [4.78, 5) is 25.4. The number of nitrogens with zero attached hydrogens (tertiary/aromatic N) is 4. The molecule has 1 aliphatic heterocycles. The first kappa shape index (κ1) is 25.6. The zero-order chi connectivity index (χ0) is 21.3. The van der Waals surface area contributed by atoms with Gasteiger partial charge in [-0.1, -0.05) is 6.07 Å². The molecule has 1 aromatic rings. The highest BCUT2D eigenvalue weighted by molar-refractivity contribution is 14.0. The van der Waals surface area contributed by atoms with Crippen LogP contribution in [-0.4, -0.2) is 68.2 Å². The van der Waals surface area contributed by atoms with Crippen LogP contribution >= 0.6 is 24.0 Å². The maximum absolute atomic E-state index is 11.7. The average molecular weight is 544 g/mol. The number of likely N-dealkylation sites (N-methyl/N-ethyl adjacent to an activating group) is 1. The van der Waals surface area contributed by atoms with Gasteiger partial charge in [0.25, 0.3) is 0 Å². The Morgan fingerprint density at radius 1 is 1.42 bits per heavy atom. The van der Waals surface area contributed by atoms with Gasteiger partial charge in [-0.25, -0.2) is 9.98 Å². The van der Waals surface area contributed by atoms with E-state index in [4.69, 9.17) is 15.5 Å². The number of rotatable bonds is 10. The summed E-state index contributed by atoms with van der Waals surface area (Å²) in [5.41, 5.74) is 6.60. The molecular weight excluding hydrogens is 507 g/mol. The van der Waals surface area contributed by atoms with Crippen LogP contribution in [0.1, 0.15) is 38.2 Å². The van der Waals surface area contributed by atoms with Crippen molar-refractivity contribution in [3.63, 3.8) is 0 Å². The van der Waals surface area contributed by atoms with Gasteiger partial charge in [0, 0.05) is 51.6 Å². The third-order valence-electron chi connectivity index (χ3n) is 5.71. The lowest BCUT2D eigenvalue weighted by Crippen LogP contribution is -2.42. The molecule has 1 atom stereocenters. The average Bonchev–Trinajstić information content (AvgIpc) is 3.59. The highest BCUT2D eigenvalue weighted by atomic mass is 127. The van der Waals surface area contributed by atoms with Gasteiger partial charge in [-0.2, -0.15) is 0 Å². The molecule has 1 unspecified atom stereocenters. The summed E-state index contributed by atoms with van der Waals surface area (Å²) in [6, 6.07) is 3.99. The second-order valence-electron chi connectivity index (χ2n) is 8.28. The van der Waals surface area contributed by atoms with Gasteiger partial charge in [0.05, 0.1) is 19.1 Å². The van der Waals surface area contributed by atoms with Crippen LogP contribution < -0.4 is 16.0 Å². The lowest BCUT2D eigenvalue weighted by Gasteiger charge is -2.33. The van der Waals surface area contributed by atoms with Gasteiger partial charge in [-0.05, 0) is 44.6 Å². The van der Waals surface area contributed by atoms with E-state index in [1.54, 1.807) is 6.20 Å². The zero-order valence-corrected chi connectivity index (χ0v) is 21.1. The predicted molar refractivity (Wildman–Crippen MR) is 135 cm³/mol. The fourth-order valence-electron chi connectivity index (χ4n) is 3.71. The molecule has 1 amide bonds. The van der Waals surface area contributed by atoms with Crippen molar-refractivity contribution in [1.82, 2.24) is 15.2 Å². The summed E-state index contributed by atoms with van der Waals surface area (Å²) >= 11 is 0. The van der Waals surface area contributed by atoms with Crippen molar-refractivity contribution < 1.29 is 9.53 Å². The van der Waals surface area contributed by atoms with Gasteiger partial charge >= 0.3 is 0 Å². The Morgan fingerprint density at radius 3 is 2.94 bits per heavy atom. The molecule has 31 heavy (non-hydrogen) atoms. The van der Waals surface area contributed by atoms with Crippen LogP contribution in [0, 0.1) is 11.8 Å². The number of pyridine rings is 1. The number of carbonyl (C=O) groups excluding carboxylic acids is 1. The largest absolute Gasteiger partial charge is 0.379 e. The third-order valence-corrected chi connectivity index (χ3v) is 5.71. The molecule has 8 nitrogen and oxygen atoms in total. The van der Waals surface area contributed by atoms with E-state index in [0.29, 0.717) is 19.7 Å². The van der Waals surface area contributed by atoms with Crippen LogP contribution in [0.15, 0.2) is 23.3 Å². The maximum atomic E-state index is 11.7. The molecule has 0 radical (unpaired) electrons. The Bertz CT molecular complexity index is 728. The smallest absolute Gasteiger partial charge is 0.222 e. The second kappa shape index (κ2) is 13.0. The summed E-state index contributed by atoms with van der Waals surface area (Å²) in [6.07, 6.45) is 6.21. The highest BCUT2D eigenvalue weighted by Crippen LogP contribution is 2.28. The van der Waals surface area contributed by atoms with Crippen LogP contribution in [0.3, 0.4) is 0 Å². The van der Waals surface area contributed by atoms with Gasteiger partial charge in [-0.3, -0.25) is 4.79 Å². The number of anilines is 1. The number of carbonyl (C=O) groups is 1. The number of halogens is 1. The van der Waals surface area contributed by atoms with E-state index >= 15 is 0 Å². The first-order valence-electron chi connectivity index (χ1n) is 11.1. The first-order chi connectivity index (χ1) is 14.6. The quantitative estimate of drug-likeness (QED) is 0.203. The Kier molecular flexibility index (Phi) is 10.8. The number of piperidine rings is 1. The molecule has 174 valence electrons. The lowest BCUT2D eigenvalue weighted by molar-refractivity contribution is -0.122. The van der Waals surface area contributed by atoms with Crippen molar-refractivity contribution in [2.24, 2.45) is 22.6 Å². The topological polar surface area (TPSA) is 96.1 Å². The van der Waals surface area contributed by atoms with Crippen molar-refractivity contribution in [3.05, 3.63) is 23.9 Å². The number of nitrogens with two attached hydrogens (primary N) is 1. The van der Waals surface area contributed by atoms with E-state index in [-0.39, 0.29) is 35.8 Å². The Balaban J connectivity index is 0.00000341. The van der Waals surface area contributed by atoms with Gasteiger partial charge in [0.15, 0.2) is 5.96 Å². The number of ether oxygens (including phenoxy) is 1. The zero-order valence-electron chi connectivity index (χ0n) is 18.8. The summed E-state index contributed by atoms with van der Waals surface area (Å²) in [7, 11) is 2.04. The fraction of sp³-hybridized carbons (Fsp3) is 0.682. The van der Waals surface area contributed by atoms with Crippen molar-refractivity contribution in [2.45, 2.75) is 39.2 Å². The van der Waals surface area contributed by atoms with E-state index in [9.17, 15) is 4.79 Å². The lowest BCUT2D eigenvalue weighted by atomic mass is 9.97. The summed E-state index contributed by atoms with van der Waals surface area (Å²) in [5.74, 6) is 2.20. The molecule has 1 saturated heterocycles. The van der Waals surface area contributed by atoms with Crippen LogP contribution in [-0.2, 0) is 16.1 Å². The van der Waals surface area contributed by atoms with Gasteiger partial charge in [-0.15, -0.1) is 24.0 Å². The fourth-order valence-corrected chi connectivity index (χ4v) is 3.71. The number of hydrogen-bond donors (Lipinski definition) is 2. The SMILES string of the molecule is CCNC(=NCc1cccnc1N1CCCC(C(N)=O)C1)N(C)CCOCC1CC1.I. The molecule has 0 bridgehead atoms. The number of aromatic nitrogens is 1. The molecule has 9 heteroatoms. The summed E-state index contributed by atoms with van der Waals surface area (Å²) in [6.45, 7) is 7.29. The molecule has 2 fully saturated rings. The minimum atomic E-state index is -0.227. The predicted octanol–water partition coefficient (Wildman–Crippen LogP) is 2.23. The molecule has 2 aliphatic rings. The molecule has 3 N–H and O–H groups in total. The first-order valence-corrected chi connectivity index (χ1v) is 11.1. The van der Waals surface area contributed by atoms with Gasteiger partial charge in [0.2, 0.25) is 5.91 Å². The van der Waals surface area contributed by atoms with Crippen LogP contribution in [0.4, 0.5) is 5.82 Å². The summed E-state index contributed by atoms with van der Waals surface area (Å²) in [5, 5.41) is 3.36. The summed E-state index contributed by atoms with van der Waals surface area (Å²) < 4.78 is 5.77. The van der Waals surface area contributed by atoms with Crippen molar-refractivity contribution in [2.75, 3.05) is 51.3 Å². The van der Waals surface area contributed by atoms with E-state index in [0.717, 1.165) is 62.3 Å². The van der Waals surface area contributed by atoms with Gasteiger partial charge in [0.1, 0.15) is 5.82 Å². The number of amides is 1. The number of primary amides is 1. The minimum Gasteiger partial charge on any atom is -0.379 e. The van der Waals surface area contributed by atoms with Crippen LogP contribution in [0.2, 0.25) is 0 Å². The molecule has 1 aromatic heterocycles. The number of aliphatic imine (C=N–C) groups is 1. The van der Waals surface area contributed by atoms with Gasteiger partial charge < -0.3 is 25.6 Å². The van der Waals surface area contributed by atoms with E-state index in [1.165, 1.54) is 12.8 Å². The molecule has 0 spiro atoms. The Labute approximate surface area is 203 Å². The Hall–Kier alpha value is -1.62. The number of guanidine groups is 1. The Morgan fingerprint density at radius 2 is 2.23 bits per heavy atom. The van der Waals surface area contributed by atoms with Crippen molar-refractivity contribution in [3.8, 4) is 0 Å². The normalized spacial score (nSPS) is 19.0. The van der Waals surface area contributed by atoms with E-state index in [2.05, 4.69) is 33.1 Å². The number of nitrogens with one attached hydrogen (secondary N) is 1. The van der Waals surface area contributed by atoms with Crippen LogP contribution in [0.5, 0.6) is 0 Å². The molecular formula is C22H37IN6O2. The molecule has 1 saturated carbocycles. The monoisotopic (exact) mass is 544 g/mol. The molecule has 2 heterocycles. The van der Waals surface area contributed by atoms with E-state index < -0.39 is 0 Å². The van der Waals surface area contributed by atoms with E-state index in [1.807, 2.05) is 13.1 Å². The highest BCUT2D eigenvalue weighted by Gasteiger charge is 2.26. The van der Waals surface area contributed by atoms with Crippen molar-refractivity contribution in [1.29, 1.82) is 0 Å². The standard InChI is InChI=1S/C22H36N6O2.HI/c1-3-24-22(27(2)12-13-30-16-17-8-9-17)26-14-18-6-4-10-25-21(18)28-11-5-7-19(15-28)20(23)29;/h4,6,10,17,19H,3,5,7-9,11-16H2,1-2H3,(H2,23,29)(H,24,26);1H.